The van der Waals surface area contributed by atoms with E-state index in [1.54, 1.807) is 0 Å². The molecule has 1 aliphatic heterocycles. The number of hydrogen-bond donors (Lipinski definition) is 0. The van der Waals surface area contributed by atoms with Gasteiger partial charge in [-0.3, -0.25) is 4.98 Å². The van der Waals surface area contributed by atoms with Crippen molar-refractivity contribution >= 4 is 5.84 Å². The van der Waals surface area contributed by atoms with Gasteiger partial charge in [-0.05, 0) is 12.1 Å². The molecular weight excluding hydrogens is 278 g/mol. The van der Waals surface area contributed by atoms with Gasteiger partial charge in [0.1, 0.15) is 5.69 Å². The molecule has 1 aromatic heterocycles. The summed E-state index contributed by atoms with van der Waals surface area (Å²) < 4.78 is 75.6. The van der Waals surface area contributed by atoms with Crippen molar-refractivity contribution in [1.82, 2.24) is 4.98 Å². The molecular formula is C9H4F6N4. The maximum Gasteiger partial charge on any atom is 0.445 e. The van der Waals surface area contributed by atoms with E-state index in [4.69, 9.17) is 0 Å². The zero-order valence-electron chi connectivity index (χ0n) is 8.87. The number of azo groups is 1. The second kappa shape index (κ2) is 4.00. The van der Waals surface area contributed by atoms with E-state index in [2.05, 4.69) is 20.2 Å². The van der Waals surface area contributed by atoms with E-state index in [1.807, 2.05) is 0 Å². The minimum Gasteiger partial charge on any atom is -0.253 e. The molecule has 2 rings (SSSR count). The number of hydrogen-bond acceptors (Lipinski definition) is 4. The second-order valence-electron chi connectivity index (χ2n) is 3.52. The summed E-state index contributed by atoms with van der Waals surface area (Å²) >= 11 is 0. The molecule has 2 heterocycles. The molecule has 10 heteroatoms. The fraction of sp³-hybridized carbons (Fsp3) is 0.333. The van der Waals surface area contributed by atoms with E-state index in [0.717, 1.165) is 0 Å². The standard InChI is InChI=1S/C9H4F6N4/c10-8(11,12)7(9(13,14)15)17-6(18-19-7)5-3-1-2-4-16-5/h1-4H. The SMILES string of the molecule is FC(F)(F)C1(C(F)(F)F)N=NC(c2ccccn2)=N1. The predicted octanol–water partition coefficient (Wildman–Crippen LogP) is 3.11. The Bertz CT molecular complexity index is 516. The Morgan fingerprint density at radius 3 is 2.00 bits per heavy atom. The van der Waals surface area contributed by atoms with Crippen molar-refractivity contribution in [1.29, 1.82) is 0 Å². The largest absolute Gasteiger partial charge is 0.445 e. The summed E-state index contributed by atoms with van der Waals surface area (Å²) in [6, 6.07) is 4.00. The molecule has 1 aliphatic rings. The Kier molecular flexibility index (Phi) is 2.83. The van der Waals surface area contributed by atoms with Crippen molar-refractivity contribution in [2.24, 2.45) is 15.2 Å². The minimum absolute atomic E-state index is 0.221. The Labute approximate surface area is 101 Å². The van der Waals surface area contributed by atoms with Crippen molar-refractivity contribution in [2.75, 3.05) is 0 Å². The van der Waals surface area contributed by atoms with E-state index in [1.165, 1.54) is 24.4 Å². The van der Waals surface area contributed by atoms with E-state index in [-0.39, 0.29) is 5.69 Å². The van der Waals surface area contributed by atoms with E-state index in [0.29, 0.717) is 0 Å². The number of aliphatic imine (C=N–C) groups is 1. The van der Waals surface area contributed by atoms with Crippen LogP contribution in [-0.2, 0) is 0 Å². The molecule has 0 bridgehead atoms. The molecule has 1 aromatic rings. The van der Waals surface area contributed by atoms with Crippen molar-refractivity contribution < 1.29 is 26.3 Å². The summed E-state index contributed by atoms with van der Waals surface area (Å²) in [7, 11) is 0. The van der Waals surface area contributed by atoms with Crippen LogP contribution in [0.4, 0.5) is 26.3 Å². The van der Waals surface area contributed by atoms with Crippen LogP contribution in [0.2, 0.25) is 0 Å². The molecule has 0 saturated carbocycles. The molecule has 0 aromatic carbocycles. The van der Waals surface area contributed by atoms with Gasteiger partial charge >= 0.3 is 18.0 Å². The zero-order chi connectivity index (χ0) is 14.3. The first-order valence-electron chi connectivity index (χ1n) is 4.75. The van der Waals surface area contributed by atoms with Crippen molar-refractivity contribution in [3.8, 4) is 0 Å². The lowest BCUT2D eigenvalue weighted by atomic mass is 10.1. The van der Waals surface area contributed by atoms with Crippen LogP contribution >= 0.6 is 0 Å². The minimum atomic E-state index is -5.73. The van der Waals surface area contributed by atoms with Gasteiger partial charge in [0.2, 0.25) is 0 Å². The quantitative estimate of drug-likeness (QED) is 0.730. The second-order valence-corrected chi connectivity index (χ2v) is 3.52. The van der Waals surface area contributed by atoms with Gasteiger partial charge in [0.25, 0.3) is 0 Å². The van der Waals surface area contributed by atoms with Crippen molar-refractivity contribution in [2.45, 2.75) is 18.0 Å². The number of nitrogens with zero attached hydrogens (tertiary/aromatic N) is 4. The molecule has 0 amide bonds. The summed E-state index contributed by atoms with van der Waals surface area (Å²) in [5.74, 6) is -0.810. The van der Waals surface area contributed by atoms with Crippen LogP contribution in [0.3, 0.4) is 0 Å². The van der Waals surface area contributed by atoms with E-state index >= 15 is 0 Å². The smallest absolute Gasteiger partial charge is 0.253 e. The highest BCUT2D eigenvalue weighted by atomic mass is 19.4. The van der Waals surface area contributed by atoms with Gasteiger partial charge in [0.05, 0.1) is 0 Å². The zero-order valence-corrected chi connectivity index (χ0v) is 8.87. The van der Waals surface area contributed by atoms with Gasteiger partial charge in [0.15, 0.2) is 5.84 Å². The van der Waals surface area contributed by atoms with Crippen molar-refractivity contribution in [3.05, 3.63) is 30.1 Å². The number of aromatic nitrogens is 1. The Morgan fingerprint density at radius 1 is 0.947 bits per heavy atom. The van der Waals surface area contributed by atoms with Crippen LogP contribution in [0, 0.1) is 0 Å². The van der Waals surface area contributed by atoms with E-state index < -0.39 is 23.9 Å². The molecule has 4 nitrogen and oxygen atoms in total. The lowest BCUT2D eigenvalue weighted by Gasteiger charge is -2.26. The summed E-state index contributed by atoms with van der Waals surface area (Å²) in [6.45, 7) is 0. The van der Waals surface area contributed by atoms with Gasteiger partial charge in [-0.25, -0.2) is 4.99 Å². The summed E-state index contributed by atoms with van der Waals surface area (Å²) in [4.78, 5) is 6.17. The van der Waals surface area contributed by atoms with Crippen LogP contribution < -0.4 is 0 Å². The Hall–Kier alpha value is -2.00. The highest BCUT2D eigenvalue weighted by Crippen LogP contribution is 2.49. The number of alkyl halides is 6. The molecule has 102 valence electrons. The third-order valence-electron chi connectivity index (χ3n) is 2.24. The summed E-state index contributed by atoms with van der Waals surface area (Å²) in [6.07, 6.45) is -10.3. The highest BCUT2D eigenvalue weighted by Gasteiger charge is 2.74. The monoisotopic (exact) mass is 282 g/mol. The third-order valence-corrected chi connectivity index (χ3v) is 2.24. The maximum atomic E-state index is 12.6. The number of amidine groups is 1. The van der Waals surface area contributed by atoms with Gasteiger partial charge in [0, 0.05) is 6.20 Å². The molecule has 0 saturated heterocycles. The van der Waals surface area contributed by atoms with Gasteiger partial charge in [-0.15, -0.1) is 10.2 Å². The normalized spacial score (nSPS) is 18.5. The van der Waals surface area contributed by atoms with Crippen molar-refractivity contribution in [3.63, 3.8) is 0 Å². The van der Waals surface area contributed by atoms with Gasteiger partial charge in [-0.1, -0.05) is 6.07 Å². The number of pyridine rings is 1. The predicted molar refractivity (Wildman–Crippen MR) is 50.5 cm³/mol. The fourth-order valence-electron chi connectivity index (χ4n) is 1.32. The summed E-state index contributed by atoms with van der Waals surface area (Å²) in [5.41, 5.74) is -4.77. The topological polar surface area (TPSA) is 50.0 Å². The van der Waals surface area contributed by atoms with Crippen LogP contribution in [-0.4, -0.2) is 28.8 Å². The maximum absolute atomic E-state index is 12.6. The Balaban J connectivity index is 2.53. The first-order chi connectivity index (χ1) is 8.67. The average molecular weight is 282 g/mol. The molecule has 0 fully saturated rings. The molecule has 0 radical (unpaired) electrons. The van der Waals surface area contributed by atoms with Crippen LogP contribution in [0.25, 0.3) is 0 Å². The van der Waals surface area contributed by atoms with E-state index in [9.17, 15) is 26.3 Å². The van der Waals surface area contributed by atoms with Crippen LogP contribution in [0.15, 0.2) is 39.6 Å². The average Bonchev–Trinajstić information content (AvgIpc) is 2.75. The molecule has 0 aliphatic carbocycles. The number of rotatable bonds is 1. The lowest BCUT2D eigenvalue weighted by molar-refractivity contribution is -0.292. The summed E-state index contributed by atoms with van der Waals surface area (Å²) in [5, 5.41) is 5.16. The van der Waals surface area contributed by atoms with Gasteiger partial charge in [-0.2, -0.15) is 26.3 Å². The number of halogens is 6. The van der Waals surface area contributed by atoms with Crippen LogP contribution in [0.1, 0.15) is 5.69 Å². The molecule has 19 heavy (non-hydrogen) atoms. The fourth-order valence-corrected chi connectivity index (χ4v) is 1.32. The first-order valence-corrected chi connectivity index (χ1v) is 4.75. The lowest BCUT2D eigenvalue weighted by Crippen LogP contribution is -2.52. The Morgan fingerprint density at radius 2 is 1.58 bits per heavy atom. The first kappa shape index (κ1) is 13.4. The molecule has 0 N–H and O–H groups in total. The van der Waals surface area contributed by atoms with Crippen LogP contribution in [0.5, 0.6) is 0 Å². The highest BCUT2D eigenvalue weighted by molar-refractivity contribution is 5.98. The van der Waals surface area contributed by atoms with Gasteiger partial charge < -0.3 is 0 Å². The molecule has 0 unspecified atom stereocenters. The molecule has 0 spiro atoms. The molecule has 0 atom stereocenters. The third kappa shape index (κ3) is 2.06.